The van der Waals surface area contributed by atoms with Gasteiger partial charge in [-0.15, -0.1) is 0 Å². The van der Waals surface area contributed by atoms with E-state index in [1.54, 1.807) is 30.5 Å². The molecule has 1 aromatic carbocycles. The van der Waals surface area contributed by atoms with Crippen LogP contribution in [0.2, 0.25) is 0 Å². The van der Waals surface area contributed by atoms with E-state index in [9.17, 15) is 14.0 Å². The molecule has 1 aromatic heterocycles. The summed E-state index contributed by atoms with van der Waals surface area (Å²) in [5.41, 5.74) is 1.58. The SMILES string of the molecule is CC(C)N=c1ccccn1C(=O)C1=NN(Cc2ccc(F)cc2)C(=O)CC1. The van der Waals surface area contributed by atoms with Crippen molar-refractivity contribution in [1.29, 1.82) is 0 Å². The molecular weight excluding hydrogens is 347 g/mol. The fourth-order valence-corrected chi connectivity index (χ4v) is 2.76. The van der Waals surface area contributed by atoms with Gasteiger partial charge < -0.3 is 0 Å². The largest absolute Gasteiger partial charge is 0.279 e. The fourth-order valence-electron chi connectivity index (χ4n) is 2.76. The Balaban J connectivity index is 1.89. The Morgan fingerprint density at radius 2 is 1.93 bits per heavy atom. The maximum Gasteiger partial charge on any atom is 0.279 e. The highest BCUT2D eigenvalue weighted by atomic mass is 19.1. The Labute approximate surface area is 156 Å². The summed E-state index contributed by atoms with van der Waals surface area (Å²) in [4.78, 5) is 29.6. The molecule has 0 saturated carbocycles. The van der Waals surface area contributed by atoms with Gasteiger partial charge in [0.2, 0.25) is 5.91 Å². The molecule has 0 spiro atoms. The van der Waals surface area contributed by atoms with E-state index in [1.807, 2.05) is 19.9 Å². The van der Waals surface area contributed by atoms with Gasteiger partial charge in [0, 0.05) is 25.1 Å². The number of hydrazone groups is 1. The molecule has 2 heterocycles. The lowest BCUT2D eigenvalue weighted by atomic mass is 10.1. The molecule has 0 atom stereocenters. The van der Waals surface area contributed by atoms with Gasteiger partial charge in [-0.1, -0.05) is 18.2 Å². The smallest absolute Gasteiger partial charge is 0.273 e. The zero-order valence-corrected chi connectivity index (χ0v) is 15.3. The zero-order chi connectivity index (χ0) is 19.4. The molecule has 7 heteroatoms. The number of aromatic nitrogens is 1. The van der Waals surface area contributed by atoms with E-state index in [4.69, 9.17) is 0 Å². The molecule has 1 aliphatic heterocycles. The monoisotopic (exact) mass is 368 g/mol. The van der Waals surface area contributed by atoms with Crippen molar-refractivity contribution in [2.24, 2.45) is 10.1 Å². The molecule has 0 aliphatic carbocycles. The molecular formula is C20H21FN4O2. The summed E-state index contributed by atoms with van der Waals surface area (Å²) in [7, 11) is 0. The summed E-state index contributed by atoms with van der Waals surface area (Å²) in [6.45, 7) is 4.06. The number of amides is 1. The number of nitrogens with zero attached hydrogens (tertiary/aromatic N) is 4. The van der Waals surface area contributed by atoms with Crippen molar-refractivity contribution < 1.29 is 14.0 Å². The third kappa shape index (κ3) is 4.55. The molecule has 2 aromatic rings. The quantitative estimate of drug-likeness (QED) is 0.833. The molecule has 140 valence electrons. The van der Waals surface area contributed by atoms with Crippen LogP contribution in [0.15, 0.2) is 58.8 Å². The zero-order valence-electron chi connectivity index (χ0n) is 15.3. The Morgan fingerprint density at radius 3 is 2.63 bits per heavy atom. The predicted octanol–water partition coefficient (Wildman–Crippen LogP) is 2.76. The normalized spacial score (nSPS) is 15.3. The van der Waals surface area contributed by atoms with Crippen LogP contribution in [-0.4, -0.2) is 33.1 Å². The van der Waals surface area contributed by atoms with Crippen molar-refractivity contribution in [2.75, 3.05) is 0 Å². The lowest BCUT2D eigenvalue weighted by molar-refractivity contribution is -0.132. The van der Waals surface area contributed by atoms with Crippen LogP contribution in [0.1, 0.15) is 37.0 Å². The molecule has 0 saturated heterocycles. The number of halogens is 1. The first-order valence-corrected chi connectivity index (χ1v) is 8.82. The second-order valence-electron chi connectivity index (χ2n) is 6.58. The first kappa shape index (κ1) is 18.7. The Morgan fingerprint density at radius 1 is 1.19 bits per heavy atom. The van der Waals surface area contributed by atoms with Gasteiger partial charge in [0.25, 0.3) is 5.91 Å². The minimum absolute atomic E-state index is 0.0382. The van der Waals surface area contributed by atoms with Gasteiger partial charge >= 0.3 is 0 Å². The minimum atomic E-state index is -0.343. The molecule has 0 fully saturated rings. The van der Waals surface area contributed by atoms with E-state index >= 15 is 0 Å². The molecule has 6 nitrogen and oxygen atoms in total. The van der Waals surface area contributed by atoms with Crippen molar-refractivity contribution in [2.45, 2.75) is 39.3 Å². The Bertz CT molecular complexity index is 945. The Hall–Kier alpha value is -3.09. The van der Waals surface area contributed by atoms with Crippen molar-refractivity contribution in [1.82, 2.24) is 9.58 Å². The van der Waals surface area contributed by atoms with Crippen molar-refractivity contribution >= 4 is 17.5 Å². The second kappa shape index (κ2) is 8.07. The maximum atomic E-state index is 13.1. The highest BCUT2D eigenvalue weighted by molar-refractivity contribution is 6.40. The third-order valence-corrected chi connectivity index (χ3v) is 4.05. The van der Waals surface area contributed by atoms with Crippen LogP contribution >= 0.6 is 0 Å². The fraction of sp³-hybridized carbons (Fsp3) is 0.300. The second-order valence-corrected chi connectivity index (χ2v) is 6.58. The van der Waals surface area contributed by atoms with Gasteiger partial charge in [0.15, 0.2) is 0 Å². The molecule has 3 rings (SSSR count). The highest BCUT2D eigenvalue weighted by Gasteiger charge is 2.25. The van der Waals surface area contributed by atoms with Gasteiger partial charge in [-0.3, -0.25) is 19.1 Å². The molecule has 0 N–H and O–H groups in total. The molecule has 0 bridgehead atoms. The number of hydrogen-bond acceptors (Lipinski definition) is 4. The van der Waals surface area contributed by atoms with Gasteiger partial charge in [0.05, 0.1) is 6.54 Å². The number of carbonyl (C=O) groups excluding carboxylic acids is 2. The van der Waals surface area contributed by atoms with Gasteiger partial charge in [-0.2, -0.15) is 5.10 Å². The van der Waals surface area contributed by atoms with Crippen LogP contribution < -0.4 is 5.49 Å². The summed E-state index contributed by atoms with van der Waals surface area (Å²) in [5, 5.41) is 5.54. The average Bonchev–Trinajstić information content (AvgIpc) is 2.65. The predicted molar refractivity (Wildman–Crippen MR) is 99.4 cm³/mol. The van der Waals surface area contributed by atoms with E-state index in [-0.39, 0.29) is 43.1 Å². The average molecular weight is 368 g/mol. The van der Waals surface area contributed by atoms with E-state index in [0.29, 0.717) is 11.2 Å². The third-order valence-electron chi connectivity index (χ3n) is 4.05. The van der Waals surface area contributed by atoms with Crippen molar-refractivity contribution in [3.8, 4) is 0 Å². The Kier molecular flexibility index (Phi) is 5.59. The van der Waals surface area contributed by atoms with Crippen LogP contribution in [0.5, 0.6) is 0 Å². The topological polar surface area (TPSA) is 67.0 Å². The standard InChI is InChI=1S/C20H21FN4O2/c1-14(2)22-18-5-3-4-12-24(18)20(27)17-10-11-19(26)25(23-17)13-15-6-8-16(21)9-7-15/h3-9,12,14H,10-11,13H2,1-2H3. The van der Waals surface area contributed by atoms with E-state index < -0.39 is 0 Å². The number of rotatable bonds is 4. The summed E-state index contributed by atoms with van der Waals surface area (Å²) in [6.07, 6.45) is 2.13. The van der Waals surface area contributed by atoms with Gasteiger partial charge in [-0.25, -0.2) is 9.40 Å². The summed E-state index contributed by atoms with van der Waals surface area (Å²) in [5.74, 6) is -0.808. The summed E-state index contributed by atoms with van der Waals surface area (Å²) < 4.78 is 14.5. The first-order chi connectivity index (χ1) is 12.9. The van der Waals surface area contributed by atoms with Gasteiger partial charge in [0.1, 0.15) is 17.0 Å². The number of hydrogen-bond donors (Lipinski definition) is 0. The lowest BCUT2D eigenvalue weighted by Crippen LogP contribution is -2.38. The van der Waals surface area contributed by atoms with Crippen molar-refractivity contribution in [3.63, 3.8) is 0 Å². The maximum absolute atomic E-state index is 13.1. The first-order valence-electron chi connectivity index (χ1n) is 8.82. The van der Waals surface area contributed by atoms with Crippen LogP contribution in [0.4, 0.5) is 4.39 Å². The highest BCUT2D eigenvalue weighted by Crippen LogP contribution is 2.15. The number of pyridine rings is 1. The summed E-state index contributed by atoms with van der Waals surface area (Å²) in [6, 6.07) is 11.2. The molecule has 27 heavy (non-hydrogen) atoms. The van der Waals surface area contributed by atoms with Crippen molar-refractivity contribution in [3.05, 3.63) is 65.5 Å². The molecule has 0 unspecified atom stereocenters. The molecule has 0 radical (unpaired) electrons. The van der Waals surface area contributed by atoms with E-state index in [0.717, 1.165) is 5.56 Å². The number of carbonyl (C=O) groups is 2. The molecule has 1 amide bonds. The summed E-state index contributed by atoms with van der Waals surface area (Å²) >= 11 is 0. The van der Waals surface area contributed by atoms with Crippen LogP contribution in [-0.2, 0) is 11.3 Å². The molecule has 1 aliphatic rings. The number of benzene rings is 1. The van der Waals surface area contributed by atoms with E-state index in [2.05, 4.69) is 10.1 Å². The van der Waals surface area contributed by atoms with Crippen LogP contribution in [0.3, 0.4) is 0 Å². The van der Waals surface area contributed by atoms with E-state index in [1.165, 1.54) is 21.7 Å². The van der Waals surface area contributed by atoms with Crippen LogP contribution in [0.25, 0.3) is 0 Å². The van der Waals surface area contributed by atoms with Crippen LogP contribution in [0, 0.1) is 5.82 Å². The minimum Gasteiger partial charge on any atom is -0.273 e. The van der Waals surface area contributed by atoms with Gasteiger partial charge in [-0.05, 0) is 43.7 Å². The lowest BCUT2D eigenvalue weighted by Gasteiger charge is -2.23.